The second-order valence-corrected chi connectivity index (χ2v) is 7.06. The molecule has 0 fully saturated rings. The Hall–Kier alpha value is -3.17. The van der Waals surface area contributed by atoms with E-state index >= 15 is 0 Å². The number of halogens is 1. The number of carbonyl (C=O) groups is 2. The first-order chi connectivity index (χ1) is 13.6. The summed E-state index contributed by atoms with van der Waals surface area (Å²) in [7, 11) is 0. The molecule has 3 aromatic carbocycles. The smallest absolute Gasteiger partial charge is 0.331 e. The molecule has 0 N–H and O–H groups in total. The number of esters is 1. The Morgan fingerprint density at radius 3 is 2.61 bits per heavy atom. The van der Waals surface area contributed by atoms with Crippen molar-refractivity contribution >= 4 is 29.4 Å². The number of ketones is 1. The Morgan fingerprint density at radius 2 is 1.75 bits per heavy atom. The van der Waals surface area contributed by atoms with Gasteiger partial charge in [0.05, 0.1) is 0 Å². The van der Waals surface area contributed by atoms with Gasteiger partial charge in [0.2, 0.25) is 0 Å². The molecule has 0 saturated carbocycles. The molecule has 0 aliphatic heterocycles. The van der Waals surface area contributed by atoms with E-state index in [1.54, 1.807) is 30.3 Å². The molecule has 0 unspecified atom stereocenters. The second-order valence-electron chi connectivity index (χ2n) is 6.63. The molecule has 1 aliphatic carbocycles. The van der Waals surface area contributed by atoms with Gasteiger partial charge in [-0.1, -0.05) is 60.1 Å². The number of rotatable bonds is 5. The summed E-state index contributed by atoms with van der Waals surface area (Å²) < 4.78 is 5.09. The molecule has 0 saturated heterocycles. The van der Waals surface area contributed by atoms with E-state index in [0.29, 0.717) is 10.6 Å². The predicted molar refractivity (Wildman–Crippen MR) is 110 cm³/mol. The van der Waals surface area contributed by atoms with Gasteiger partial charge in [-0.05, 0) is 58.5 Å². The van der Waals surface area contributed by atoms with Crippen molar-refractivity contribution in [3.05, 3.63) is 100 Å². The molecular weight excluding hydrogens is 372 g/mol. The highest BCUT2D eigenvalue weighted by molar-refractivity contribution is 6.30. The third-order valence-electron chi connectivity index (χ3n) is 4.73. The zero-order valence-corrected chi connectivity index (χ0v) is 15.8. The standard InChI is InChI=1S/C24H17ClO3/c25-20-6-3-4-16(12-20)8-11-24(27)28-15-23(26)19-10-9-18-13-17-5-1-2-7-21(17)22(18)14-19/h1-12,14H,13,15H2. The van der Waals surface area contributed by atoms with Crippen LogP contribution in [0.1, 0.15) is 27.0 Å². The third kappa shape index (κ3) is 3.90. The van der Waals surface area contributed by atoms with Crippen molar-refractivity contribution in [1.29, 1.82) is 0 Å². The van der Waals surface area contributed by atoms with Crippen LogP contribution in [0.25, 0.3) is 17.2 Å². The number of hydrogen-bond donors (Lipinski definition) is 0. The van der Waals surface area contributed by atoms with Crippen molar-refractivity contribution in [2.24, 2.45) is 0 Å². The topological polar surface area (TPSA) is 43.4 Å². The van der Waals surface area contributed by atoms with Crippen LogP contribution < -0.4 is 0 Å². The van der Waals surface area contributed by atoms with Crippen LogP contribution in [-0.4, -0.2) is 18.4 Å². The molecule has 0 atom stereocenters. The fraction of sp³-hybridized carbons (Fsp3) is 0.0833. The van der Waals surface area contributed by atoms with Crippen LogP contribution >= 0.6 is 11.6 Å². The van der Waals surface area contributed by atoms with Crippen molar-refractivity contribution < 1.29 is 14.3 Å². The average Bonchev–Trinajstić information content (AvgIpc) is 3.08. The summed E-state index contributed by atoms with van der Waals surface area (Å²) in [5, 5.41) is 0.587. The maximum absolute atomic E-state index is 12.5. The lowest BCUT2D eigenvalue weighted by Crippen LogP contribution is -2.12. The molecule has 4 rings (SSSR count). The molecule has 0 amide bonds. The molecule has 0 aromatic heterocycles. The van der Waals surface area contributed by atoms with Gasteiger partial charge in [0.15, 0.2) is 12.4 Å². The van der Waals surface area contributed by atoms with Crippen LogP contribution in [0, 0.1) is 0 Å². The Balaban J connectivity index is 1.40. The van der Waals surface area contributed by atoms with Gasteiger partial charge in [-0.15, -0.1) is 0 Å². The lowest BCUT2D eigenvalue weighted by Gasteiger charge is -2.06. The average molecular weight is 389 g/mol. The molecule has 0 radical (unpaired) electrons. The molecule has 0 spiro atoms. The van der Waals surface area contributed by atoms with Crippen LogP contribution in [0.3, 0.4) is 0 Å². The highest BCUT2D eigenvalue weighted by Crippen LogP contribution is 2.36. The molecule has 0 heterocycles. The Bertz CT molecular complexity index is 1100. The van der Waals surface area contributed by atoms with Crippen molar-refractivity contribution in [3.63, 3.8) is 0 Å². The van der Waals surface area contributed by atoms with Crippen molar-refractivity contribution in [2.75, 3.05) is 6.61 Å². The Labute approximate surface area is 168 Å². The maximum atomic E-state index is 12.5. The van der Waals surface area contributed by atoms with Crippen molar-refractivity contribution in [2.45, 2.75) is 6.42 Å². The quantitative estimate of drug-likeness (QED) is 0.263. The number of Topliss-reactive ketones (excluding diaryl/α,β-unsaturated/α-hetero) is 1. The van der Waals surface area contributed by atoms with Gasteiger partial charge in [0.25, 0.3) is 0 Å². The van der Waals surface area contributed by atoms with E-state index in [2.05, 4.69) is 12.1 Å². The minimum absolute atomic E-state index is 0.225. The highest BCUT2D eigenvalue weighted by atomic mass is 35.5. The van der Waals surface area contributed by atoms with Crippen molar-refractivity contribution in [3.8, 4) is 11.1 Å². The van der Waals surface area contributed by atoms with Gasteiger partial charge in [-0.25, -0.2) is 4.79 Å². The monoisotopic (exact) mass is 388 g/mol. The number of ether oxygens (including phenoxy) is 1. The fourth-order valence-corrected chi connectivity index (χ4v) is 3.54. The number of fused-ring (bicyclic) bond motifs is 3. The molecule has 0 bridgehead atoms. The van der Waals surface area contributed by atoms with E-state index in [4.69, 9.17) is 16.3 Å². The van der Waals surface area contributed by atoms with Crippen molar-refractivity contribution in [1.82, 2.24) is 0 Å². The zero-order chi connectivity index (χ0) is 19.5. The van der Waals surface area contributed by atoms with Gasteiger partial charge in [0, 0.05) is 16.7 Å². The number of carbonyl (C=O) groups excluding carboxylic acids is 2. The summed E-state index contributed by atoms with van der Waals surface area (Å²) in [5.74, 6) is -0.795. The van der Waals surface area contributed by atoms with Gasteiger partial charge in [0.1, 0.15) is 0 Å². The van der Waals surface area contributed by atoms with Crippen LogP contribution in [0.15, 0.2) is 72.8 Å². The first kappa shape index (κ1) is 18.2. The minimum atomic E-state index is -0.570. The fourth-order valence-electron chi connectivity index (χ4n) is 3.34. The van der Waals surface area contributed by atoms with Crippen LogP contribution in [0.2, 0.25) is 5.02 Å². The highest BCUT2D eigenvalue weighted by Gasteiger charge is 2.19. The lowest BCUT2D eigenvalue weighted by atomic mass is 10.0. The Kier molecular flexibility index (Phi) is 5.09. The minimum Gasteiger partial charge on any atom is -0.454 e. The second kappa shape index (κ2) is 7.83. The normalized spacial score (nSPS) is 11.9. The van der Waals surface area contributed by atoms with Crippen LogP contribution in [0.5, 0.6) is 0 Å². The third-order valence-corrected chi connectivity index (χ3v) is 4.96. The van der Waals surface area contributed by atoms with E-state index in [1.807, 2.05) is 30.3 Å². The van der Waals surface area contributed by atoms with E-state index in [9.17, 15) is 9.59 Å². The lowest BCUT2D eigenvalue weighted by molar-refractivity contribution is -0.136. The summed E-state index contributed by atoms with van der Waals surface area (Å²) in [6.07, 6.45) is 3.77. The zero-order valence-electron chi connectivity index (χ0n) is 15.0. The maximum Gasteiger partial charge on any atom is 0.331 e. The largest absolute Gasteiger partial charge is 0.454 e. The molecule has 28 heavy (non-hydrogen) atoms. The molecule has 3 nitrogen and oxygen atoms in total. The Morgan fingerprint density at radius 1 is 0.929 bits per heavy atom. The summed E-state index contributed by atoms with van der Waals surface area (Å²) in [4.78, 5) is 24.4. The summed E-state index contributed by atoms with van der Waals surface area (Å²) in [5.41, 5.74) is 6.04. The summed E-state index contributed by atoms with van der Waals surface area (Å²) in [6, 6.07) is 21.0. The van der Waals surface area contributed by atoms with Gasteiger partial charge < -0.3 is 4.74 Å². The SMILES string of the molecule is O=C(C=Cc1cccc(Cl)c1)OCC(=O)c1ccc2c(c1)-c1ccccc1C2. The molecule has 1 aliphatic rings. The first-order valence-corrected chi connectivity index (χ1v) is 9.33. The first-order valence-electron chi connectivity index (χ1n) is 8.95. The summed E-state index contributed by atoms with van der Waals surface area (Å²) >= 11 is 5.91. The molecule has 138 valence electrons. The number of hydrogen-bond acceptors (Lipinski definition) is 3. The van der Waals surface area contributed by atoms with Gasteiger partial charge >= 0.3 is 5.97 Å². The van der Waals surface area contributed by atoms with Crippen LogP contribution in [-0.2, 0) is 16.0 Å². The molecule has 4 heteroatoms. The molecular formula is C24H17ClO3. The van der Waals surface area contributed by atoms with E-state index in [0.717, 1.165) is 23.1 Å². The van der Waals surface area contributed by atoms with E-state index in [1.165, 1.54) is 17.2 Å². The van der Waals surface area contributed by atoms with Crippen LogP contribution in [0.4, 0.5) is 0 Å². The predicted octanol–water partition coefficient (Wildman–Crippen LogP) is 5.35. The summed E-state index contributed by atoms with van der Waals surface area (Å²) in [6.45, 7) is -0.293. The van der Waals surface area contributed by atoms with Gasteiger partial charge in [-0.2, -0.15) is 0 Å². The number of benzene rings is 3. The van der Waals surface area contributed by atoms with E-state index < -0.39 is 5.97 Å². The molecule has 3 aromatic rings. The van der Waals surface area contributed by atoms with Gasteiger partial charge in [-0.3, -0.25) is 4.79 Å². The van der Waals surface area contributed by atoms with E-state index in [-0.39, 0.29) is 12.4 Å².